The molecule has 0 aliphatic carbocycles. The summed E-state index contributed by atoms with van der Waals surface area (Å²) in [5.74, 6) is 0. The van der Waals surface area contributed by atoms with E-state index >= 15 is 0 Å². The van der Waals surface area contributed by atoms with Gasteiger partial charge in [0, 0.05) is 0 Å². The molecule has 0 spiro atoms. The minimum absolute atomic E-state index is 0.842. The van der Waals surface area contributed by atoms with Crippen LogP contribution in [0.3, 0.4) is 0 Å². The molecule has 0 atom stereocenters. The number of fused-ring (bicyclic) bond motifs is 2. The Hall–Kier alpha value is -2.41. The molecule has 0 fully saturated rings. The van der Waals surface area contributed by atoms with E-state index < -0.39 is 0 Å². The third kappa shape index (κ3) is 2.04. The second-order valence-electron chi connectivity index (χ2n) is 4.71. The number of hydrogen-bond donors (Lipinski definition) is 0. The Morgan fingerprint density at radius 3 is 2.32 bits per heavy atom. The molecule has 0 aliphatic heterocycles. The third-order valence-corrected chi connectivity index (χ3v) is 3.49. The molecule has 0 saturated carbocycles. The maximum Gasteiger partial charge on any atom is 0.143 e. The van der Waals surface area contributed by atoms with E-state index in [9.17, 15) is 4.79 Å². The van der Waals surface area contributed by atoms with Crippen LogP contribution in [0.15, 0.2) is 60.7 Å². The van der Waals surface area contributed by atoms with Crippen LogP contribution in [-0.4, -0.2) is 6.29 Å². The van der Waals surface area contributed by atoms with Gasteiger partial charge in [0.1, 0.15) is 6.29 Å². The molecule has 0 heterocycles. The summed E-state index contributed by atoms with van der Waals surface area (Å²) in [5.41, 5.74) is 2.12. The van der Waals surface area contributed by atoms with Crippen molar-refractivity contribution in [3.63, 3.8) is 0 Å². The molecule has 0 radical (unpaired) electrons. The smallest absolute Gasteiger partial charge is 0.143 e. The van der Waals surface area contributed by atoms with E-state index in [1.807, 2.05) is 19.1 Å². The zero-order chi connectivity index (χ0) is 13.2. The highest BCUT2D eigenvalue weighted by Crippen LogP contribution is 2.28. The molecule has 0 saturated heterocycles. The summed E-state index contributed by atoms with van der Waals surface area (Å²) in [6.45, 7) is 1.97. The highest BCUT2D eigenvalue weighted by molar-refractivity contribution is 6.03. The van der Waals surface area contributed by atoms with Gasteiger partial charge >= 0.3 is 0 Å². The molecule has 0 aromatic heterocycles. The fourth-order valence-corrected chi connectivity index (χ4v) is 2.50. The lowest BCUT2D eigenvalue weighted by Crippen LogP contribution is -1.85. The minimum atomic E-state index is 0.842. The topological polar surface area (TPSA) is 17.1 Å². The first-order chi connectivity index (χ1) is 9.29. The van der Waals surface area contributed by atoms with Gasteiger partial charge in [0.25, 0.3) is 0 Å². The fraction of sp³-hybridized carbons (Fsp3) is 0.0556. The molecule has 0 unspecified atom stereocenters. The molecule has 3 aromatic carbocycles. The van der Waals surface area contributed by atoms with E-state index in [-0.39, 0.29) is 0 Å². The van der Waals surface area contributed by atoms with Crippen molar-refractivity contribution >= 4 is 33.4 Å². The Morgan fingerprint density at radius 1 is 0.895 bits per heavy atom. The maximum absolute atomic E-state index is 10.7. The van der Waals surface area contributed by atoms with Gasteiger partial charge in [-0.15, -0.1) is 0 Å². The van der Waals surface area contributed by atoms with Gasteiger partial charge in [-0.1, -0.05) is 42.5 Å². The second kappa shape index (κ2) is 4.69. The molecule has 0 bridgehead atoms. The van der Waals surface area contributed by atoms with Gasteiger partial charge < -0.3 is 0 Å². The summed E-state index contributed by atoms with van der Waals surface area (Å²) < 4.78 is 0. The van der Waals surface area contributed by atoms with Crippen molar-refractivity contribution in [2.75, 3.05) is 0 Å². The monoisotopic (exact) mass is 246 g/mol. The van der Waals surface area contributed by atoms with Crippen molar-refractivity contribution in [3.8, 4) is 0 Å². The molecule has 3 aromatic rings. The predicted octanol–water partition coefficient (Wildman–Crippen LogP) is 4.60. The van der Waals surface area contributed by atoms with Crippen molar-refractivity contribution < 1.29 is 4.79 Å². The van der Waals surface area contributed by atoms with E-state index in [4.69, 9.17) is 0 Å². The predicted molar refractivity (Wildman–Crippen MR) is 81.2 cm³/mol. The zero-order valence-electron chi connectivity index (χ0n) is 10.8. The van der Waals surface area contributed by atoms with Gasteiger partial charge in [0.15, 0.2) is 0 Å². The molecule has 1 heteroatoms. The van der Waals surface area contributed by atoms with Gasteiger partial charge in [-0.05, 0) is 57.8 Å². The molecule has 1 nitrogen and oxygen atoms in total. The Balaban J connectivity index is 2.38. The van der Waals surface area contributed by atoms with Crippen molar-refractivity contribution in [2.45, 2.75) is 6.92 Å². The van der Waals surface area contributed by atoms with Crippen LogP contribution in [-0.2, 0) is 4.79 Å². The van der Waals surface area contributed by atoms with E-state index in [1.165, 1.54) is 21.5 Å². The van der Waals surface area contributed by atoms with E-state index in [2.05, 4.69) is 42.5 Å². The second-order valence-corrected chi connectivity index (χ2v) is 4.71. The van der Waals surface area contributed by atoms with E-state index in [0.717, 1.165) is 17.4 Å². The zero-order valence-corrected chi connectivity index (χ0v) is 10.8. The van der Waals surface area contributed by atoms with E-state index in [0.29, 0.717) is 0 Å². The highest BCUT2D eigenvalue weighted by atomic mass is 16.1. The van der Waals surface area contributed by atoms with Gasteiger partial charge in [-0.2, -0.15) is 0 Å². The van der Waals surface area contributed by atoms with Gasteiger partial charge in [0.2, 0.25) is 0 Å². The number of hydrogen-bond acceptors (Lipinski definition) is 1. The Morgan fingerprint density at radius 2 is 1.58 bits per heavy atom. The lowest BCUT2D eigenvalue weighted by molar-refractivity contribution is -0.104. The number of benzene rings is 3. The number of aldehydes is 1. The summed E-state index contributed by atoms with van der Waals surface area (Å²) >= 11 is 0. The van der Waals surface area contributed by atoms with Crippen LogP contribution in [0.25, 0.3) is 27.1 Å². The first-order valence-electron chi connectivity index (χ1n) is 6.33. The van der Waals surface area contributed by atoms with E-state index in [1.54, 1.807) is 6.08 Å². The van der Waals surface area contributed by atoms with Crippen molar-refractivity contribution in [1.82, 2.24) is 0 Å². The van der Waals surface area contributed by atoms with Gasteiger partial charge in [-0.25, -0.2) is 0 Å². The maximum atomic E-state index is 10.7. The summed E-state index contributed by atoms with van der Waals surface area (Å²) in [6, 6.07) is 18.9. The van der Waals surface area contributed by atoms with Gasteiger partial charge in [-0.3, -0.25) is 4.79 Å². The van der Waals surface area contributed by atoms with Crippen LogP contribution in [0.2, 0.25) is 0 Å². The molecule has 0 aliphatic rings. The SMILES string of the molecule is CC(=CC=O)c1cccc2cc3ccccc3cc12. The third-order valence-electron chi connectivity index (χ3n) is 3.49. The summed E-state index contributed by atoms with van der Waals surface area (Å²) in [5, 5.41) is 4.86. The molecule has 19 heavy (non-hydrogen) atoms. The quantitative estimate of drug-likeness (QED) is 0.367. The van der Waals surface area contributed by atoms with Crippen LogP contribution in [0, 0.1) is 0 Å². The Kier molecular flexibility index (Phi) is 2.88. The van der Waals surface area contributed by atoms with Crippen LogP contribution < -0.4 is 0 Å². The summed E-state index contributed by atoms with van der Waals surface area (Å²) in [6.07, 6.45) is 2.46. The average molecular weight is 246 g/mol. The minimum Gasteiger partial charge on any atom is -0.299 e. The highest BCUT2D eigenvalue weighted by Gasteiger charge is 2.04. The molecule has 0 N–H and O–H groups in total. The first-order valence-corrected chi connectivity index (χ1v) is 6.33. The normalized spacial score (nSPS) is 11.9. The van der Waals surface area contributed by atoms with Gasteiger partial charge in [0.05, 0.1) is 0 Å². The Labute approximate surface area is 112 Å². The molecule has 0 amide bonds. The molecule has 3 rings (SSSR count). The van der Waals surface area contributed by atoms with Crippen molar-refractivity contribution in [3.05, 3.63) is 66.2 Å². The molecular weight excluding hydrogens is 232 g/mol. The first kappa shape index (κ1) is 11.7. The number of carbonyl (C=O) groups excluding carboxylic acids is 1. The standard InChI is InChI=1S/C18H14O/c1-13(9-10-19)17-8-4-7-16-11-14-5-2-3-6-15(14)12-18(16)17/h2-12H,1H3. The molecular formula is C18H14O. The molecule has 92 valence electrons. The van der Waals surface area contributed by atoms with Crippen LogP contribution in [0.4, 0.5) is 0 Å². The summed E-state index contributed by atoms with van der Waals surface area (Å²) in [7, 11) is 0. The number of allylic oxidation sites excluding steroid dienone is 2. The van der Waals surface area contributed by atoms with Crippen LogP contribution >= 0.6 is 0 Å². The Bertz CT molecular complexity index is 797. The van der Waals surface area contributed by atoms with Crippen LogP contribution in [0.1, 0.15) is 12.5 Å². The van der Waals surface area contributed by atoms with Crippen LogP contribution in [0.5, 0.6) is 0 Å². The lowest BCUT2D eigenvalue weighted by atomic mass is 9.96. The van der Waals surface area contributed by atoms with Crippen molar-refractivity contribution in [1.29, 1.82) is 0 Å². The largest absolute Gasteiger partial charge is 0.299 e. The summed E-state index contributed by atoms with van der Waals surface area (Å²) in [4.78, 5) is 10.7. The number of carbonyl (C=O) groups is 1. The lowest BCUT2D eigenvalue weighted by Gasteiger charge is -2.08. The fourth-order valence-electron chi connectivity index (χ4n) is 2.50. The number of rotatable bonds is 2. The average Bonchev–Trinajstić information content (AvgIpc) is 2.44. The van der Waals surface area contributed by atoms with Crippen molar-refractivity contribution in [2.24, 2.45) is 0 Å².